The molecule has 128 valence electrons. The van der Waals surface area contributed by atoms with Gasteiger partial charge in [0.05, 0.1) is 29.2 Å². The molecule has 0 spiro atoms. The van der Waals surface area contributed by atoms with Gasteiger partial charge in [-0.3, -0.25) is 14.8 Å². The Balaban J connectivity index is 1.90. The van der Waals surface area contributed by atoms with Gasteiger partial charge >= 0.3 is 0 Å². The minimum absolute atomic E-state index is 0.129. The van der Waals surface area contributed by atoms with Crippen LogP contribution in [-0.2, 0) is 0 Å². The van der Waals surface area contributed by atoms with Crippen LogP contribution < -0.4 is 5.32 Å². The molecule has 3 rings (SSSR count). The fourth-order valence-electron chi connectivity index (χ4n) is 2.46. The Hall–Kier alpha value is -3.16. The lowest BCUT2D eigenvalue weighted by atomic mass is 10.1. The van der Waals surface area contributed by atoms with Crippen molar-refractivity contribution >= 4 is 5.91 Å². The molecule has 0 fully saturated rings. The number of hydrogen-bond acceptors (Lipinski definition) is 6. The van der Waals surface area contributed by atoms with Gasteiger partial charge in [0, 0.05) is 18.3 Å². The van der Waals surface area contributed by atoms with Crippen LogP contribution in [-0.4, -0.2) is 36.1 Å². The average Bonchev–Trinajstić information content (AvgIpc) is 3.12. The lowest BCUT2D eigenvalue weighted by Gasteiger charge is -2.15. The number of aromatic nitrogens is 6. The zero-order chi connectivity index (χ0) is 17.8. The quantitative estimate of drug-likeness (QED) is 0.765. The maximum absolute atomic E-state index is 12.8. The second kappa shape index (κ2) is 7.16. The number of nitrogens with zero attached hydrogens (tertiary/aromatic N) is 6. The summed E-state index contributed by atoms with van der Waals surface area (Å²) in [6.07, 6.45) is 4.83. The summed E-state index contributed by atoms with van der Waals surface area (Å²) in [4.78, 5) is 21.0. The monoisotopic (exact) mass is 337 g/mol. The standard InChI is InChI=1S/C17H19N7O/c1-11(2)16-21-22-23-24(16)15-7-5-4-6-13(15)17(25)20-12(3)14-10-18-8-9-19-14/h4-12H,1-3H3,(H,20,25). The highest BCUT2D eigenvalue weighted by atomic mass is 16.1. The van der Waals surface area contributed by atoms with Crippen molar-refractivity contribution in [3.05, 3.63) is 59.9 Å². The Kier molecular flexibility index (Phi) is 4.78. The van der Waals surface area contributed by atoms with Gasteiger partial charge < -0.3 is 5.32 Å². The van der Waals surface area contributed by atoms with Gasteiger partial charge in [0.1, 0.15) is 0 Å². The molecular formula is C17H19N7O. The number of tetrazole rings is 1. The molecule has 1 N–H and O–H groups in total. The van der Waals surface area contributed by atoms with E-state index >= 15 is 0 Å². The fourth-order valence-corrected chi connectivity index (χ4v) is 2.46. The Morgan fingerprint density at radius 1 is 1.16 bits per heavy atom. The van der Waals surface area contributed by atoms with Gasteiger partial charge in [0.2, 0.25) is 0 Å². The minimum Gasteiger partial charge on any atom is -0.344 e. The number of rotatable bonds is 5. The van der Waals surface area contributed by atoms with E-state index in [2.05, 4.69) is 30.8 Å². The van der Waals surface area contributed by atoms with Gasteiger partial charge in [-0.25, -0.2) is 0 Å². The summed E-state index contributed by atoms with van der Waals surface area (Å²) in [5, 5.41) is 14.8. The first-order valence-corrected chi connectivity index (χ1v) is 8.02. The minimum atomic E-state index is -0.271. The summed E-state index contributed by atoms with van der Waals surface area (Å²) in [7, 11) is 0. The van der Waals surface area contributed by atoms with Gasteiger partial charge in [0.25, 0.3) is 5.91 Å². The van der Waals surface area contributed by atoms with E-state index in [0.717, 1.165) is 0 Å². The predicted molar refractivity (Wildman–Crippen MR) is 91.2 cm³/mol. The van der Waals surface area contributed by atoms with Crippen LogP contribution in [0.4, 0.5) is 0 Å². The van der Waals surface area contributed by atoms with Crippen molar-refractivity contribution in [2.75, 3.05) is 0 Å². The summed E-state index contributed by atoms with van der Waals surface area (Å²) in [5.41, 5.74) is 1.83. The number of carbonyl (C=O) groups is 1. The number of amides is 1. The molecule has 3 aromatic rings. The molecule has 0 saturated heterocycles. The van der Waals surface area contributed by atoms with Crippen LogP contribution in [0.3, 0.4) is 0 Å². The summed E-state index contributed by atoms with van der Waals surface area (Å²) in [6, 6.07) is 6.96. The molecule has 0 saturated carbocycles. The summed E-state index contributed by atoms with van der Waals surface area (Å²) in [5.74, 6) is 0.603. The van der Waals surface area contributed by atoms with Crippen molar-refractivity contribution in [3.63, 3.8) is 0 Å². The first-order valence-electron chi connectivity index (χ1n) is 8.02. The lowest BCUT2D eigenvalue weighted by Crippen LogP contribution is -2.28. The highest BCUT2D eigenvalue weighted by Crippen LogP contribution is 2.19. The highest BCUT2D eigenvalue weighted by Gasteiger charge is 2.20. The normalized spacial score (nSPS) is 12.2. The number of carbonyl (C=O) groups excluding carboxylic acids is 1. The molecule has 0 bridgehead atoms. The van der Waals surface area contributed by atoms with Crippen LogP contribution in [0, 0.1) is 0 Å². The molecular weight excluding hydrogens is 318 g/mol. The topological polar surface area (TPSA) is 98.5 Å². The van der Waals surface area contributed by atoms with Crippen molar-refractivity contribution < 1.29 is 4.79 Å². The molecule has 0 aliphatic carbocycles. The second-order valence-corrected chi connectivity index (χ2v) is 5.95. The zero-order valence-corrected chi connectivity index (χ0v) is 14.3. The van der Waals surface area contributed by atoms with Crippen molar-refractivity contribution in [2.45, 2.75) is 32.7 Å². The number of para-hydroxylation sites is 1. The third-order valence-electron chi connectivity index (χ3n) is 3.76. The SMILES string of the molecule is CC(C)c1nnnn1-c1ccccc1C(=O)NC(C)c1cnccn1. The molecule has 25 heavy (non-hydrogen) atoms. The maximum Gasteiger partial charge on any atom is 0.254 e. The molecule has 0 aliphatic heterocycles. The highest BCUT2D eigenvalue weighted by molar-refractivity contribution is 5.97. The molecule has 8 nitrogen and oxygen atoms in total. The van der Waals surface area contributed by atoms with E-state index in [4.69, 9.17) is 0 Å². The molecule has 1 amide bonds. The van der Waals surface area contributed by atoms with Crippen LogP contribution in [0.2, 0.25) is 0 Å². The number of hydrogen-bond donors (Lipinski definition) is 1. The van der Waals surface area contributed by atoms with Crippen LogP contribution in [0.5, 0.6) is 0 Å². The van der Waals surface area contributed by atoms with Crippen molar-refractivity contribution in [2.24, 2.45) is 0 Å². The first kappa shape index (κ1) is 16.7. The van der Waals surface area contributed by atoms with Gasteiger partial charge in [-0.15, -0.1) is 5.10 Å². The largest absolute Gasteiger partial charge is 0.344 e. The fraction of sp³-hybridized carbons (Fsp3) is 0.294. The van der Waals surface area contributed by atoms with Gasteiger partial charge in [-0.2, -0.15) is 4.68 Å². The van der Waals surface area contributed by atoms with E-state index in [-0.39, 0.29) is 17.9 Å². The van der Waals surface area contributed by atoms with Crippen molar-refractivity contribution in [3.8, 4) is 5.69 Å². The third-order valence-corrected chi connectivity index (χ3v) is 3.76. The third kappa shape index (κ3) is 3.52. The van der Waals surface area contributed by atoms with Crippen LogP contribution in [0.1, 0.15) is 54.6 Å². The second-order valence-electron chi connectivity index (χ2n) is 5.95. The van der Waals surface area contributed by atoms with E-state index in [9.17, 15) is 4.79 Å². The molecule has 0 aliphatic rings. The van der Waals surface area contributed by atoms with Crippen LogP contribution in [0.15, 0.2) is 42.9 Å². The summed E-state index contributed by atoms with van der Waals surface area (Å²) in [6.45, 7) is 5.86. The van der Waals surface area contributed by atoms with Crippen molar-refractivity contribution in [1.29, 1.82) is 0 Å². The van der Waals surface area contributed by atoms with E-state index in [1.807, 2.05) is 39.0 Å². The summed E-state index contributed by atoms with van der Waals surface area (Å²) < 4.78 is 1.60. The smallest absolute Gasteiger partial charge is 0.254 e. The van der Waals surface area contributed by atoms with E-state index in [1.165, 1.54) is 0 Å². The molecule has 1 aromatic carbocycles. The zero-order valence-electron chi connectivity index (χ0n) is 14.3. The molecule has 1 atom stereocenters. The van der Waals surface area contributed by atoms with Gasteiger partial charge in [-0.1, -0.05) is 26.0 Å². The maximum atomic E-state index is 12.8. The summed E-state index contributed by atoms with van der Waals surface area (Å²) >= 11 is 0. The Morgan fingerprint density at radius 2 is 1.96 bits per heavy atom. The van der Waals surface area contributed by atoms with E-state index in [0.29, 0.717) is 22.8 Å². The average molecular weight is 337 g/mol. The van der Waals surface area contributed by atoms with E-state index < -0.39 is 0 Å². The molecule has 8 heteroatoms. The Bertz CT molecular complexity index is 860. The Labute approximate surface area is 145 Å². The Morgan fingerprint density at radius 3 is 2.68 bits per heavy atom. The number of nitrogens with one attached hydrogen (secondary N) is 1. The molecule has 0 radical (unpaired) electrons. The first-order chi connectivity index (χ1) is 12.1. The number of benzene rings is 1. The van der Waals surface area contributed by atoms with Crippen LogP contribution >= 0.6 is 0 Å². The molecule has 1 unspecified atom stereocenters. The van der Waals surface area contributed by atoms with Gasteiger partial charge in [0.15, 0.2) is 5.82 Å². The lowest BCUT2D eigenvalue weighted by molar-refractivity contribution is 0.0939. The van der Waals surface area contributed by atoms with Gasteiger partial charge in [-0.05, 0) is 29.5 Å². The molecule has 2 heterocycles. The molecule has 2 aromatic heterocycles. The van der Waals surface area contributed by atoms with E-state index in [1.54, 1.807) is 29.3 Å². The van der Waals surface area contributed by atoms with Crippen LogP contribution in [0.25, 0.3) is 5.69 Å². The predicted octanol–water partition coefficient (Wildman–Crippen LogP) is 2.07. The van der Waals surface area contributed by atoms with Crippen molar-refractivity contribution in [1.82, 2.24) is 35.5 Å².